The zero-order valence-corrected chi connectivity index (χ0v) is 17.8. The van der Waals surface area contributed by atoms with E-state index in [0.717, 1.165) is 12.8 Å². The minimum absolute atomic E-state index is 0.00197. The van der Waals surface area contributed by atoms with Gasteiger partial charge in [-0.05, 0) is 25.3 Å². The molecular weight excluding hydrogens is 376 g/mol. The number of aliphatic hydroxyl groups is 1. The molecule has 29 heavy (non-hydrogen) atoms. The molecule has 1 aliphatic carbocycles. The van der Waals surface area contributed by atoms with E-state index in [1.54, 1.807) is 17.0 Å². The zero-order valence-electron chi connectivity index (χ0n) is 17.8. The van der Waals surface area contributed by atoms with Crippen molar-refractivity contribution in [3.63, 3.8) is 0 Å². The van der Waals surface area contributed by atoms with Crippen LogP contribution in [0, 0.1) is 0 Å². The smallest absolute Gasteiger partial charge is 0.333 e. The first kappa shape index (κ1) is 23.0. The van der Waals surface area contributed by atoms with E-state index >= 15 is 0 Å². The summed E-state index contributed by atoms with van der Waals surface area (Å²) in [6, 6.07) is -0.957. The Labute approximate surface area is 171 Å². The molecule has 1 heterocycles. The minimum Gasteiger partial charge on any atom is -0.466 e. The highest BCUT2D eigenvalue weighted by Gasteiger charge is 2.39. The maximum Gasteiger partial charge on any atom is 0.333 e. The van der Waals surface area contributed by atoms with Gasteiger partial charge in [0.05, 0.1) is 43.7 Å². The second-order valence-corrected chi connectivity index (χ2v) is 7.27. The van der Waals surface area contributed by atoms with Gasteiger partial charge in [-0.25, -0.2) is 9.48 Å². The molecule has 0 spiro atoms. The summed E-state index contributed by atoms with van der Waals surface area (Å²) in [5.74, 6) is -0.648. The predicted octanol–water partition coefficient (Wildman–Crippen LogP) is 1.84. The Morgan fingerprint density at radius 3 is 2.55 bits per heavy atom. The lowest BCUT2D eigenvalue weighted by atomic mass is 9.87. The number of methoxy groups -OCH3 is 1. The van der Waals surface area contributed by atoms with E-state index in [-0.39, 0.29) is 12.0 Å². The number of aliphatic hydroxyl groups excluding tert-OH is 1. The summed E-state index contributed by atoms with van der Waals surface area (Å²) in [5.41, 5.74) is 0.897. The van der Waals surface area contributed by atoms with Gasteiger partial charge in [-0.2, -0.15) is 0 Å². The molecule has 1 aromatic rings. The molecule has 0 saturated carbocycles. The summed E-state index contributed by atoms with van der Waals surface area (Å²) >= 11 is 0. The van der Waals surface area contributed by atoms with Crippen molar-refractivity contribution in [2.24, 2.45) is 0 Å². The Morgan fingerprint density at radius 2 is 2.00 bits per heavy atom. The van der Waals surface area contributed by atoms with Crippen LogP contribution in [0.15, 0.2) is 17.8 Å². The average Bonchev–Trinajstić information content (AvgIpc) is 3.21. The fraction of sp³-hybridized carbons (Fsp3) is 0.700. The molecule has 162 valence electrons. The van der Waals surface area contributed by atoms with Gasteiger partial charge in [-0.3, -0.25) is 4.79 Å². The summed E-state index contributed by atoms with van der Waals surface area (Å²) in [4.78, 5) is 24.2. The van der Waals surface area contributed by atoms with E-state index in [1.807, 2.05) is 20.8 Å². The van der Waals surface area contributed by atoms with E-state index < -0.39 is 30.3 Å². The lowest BCUT2D eigenvalue weighted by Gasteiger charge is -2.38. The summed E-state index contributed by atoms with van der Waals surface area (Å²) in [6.45, 7) is 7.36. The molecule has 0 fully saturated rings. The normalized spacial score (nSPS) is 22.9. The second kappa shape index (κ2) is 10.5. The van der Waals surface area contributed by atoms with Gasteiger partial charge in [0.25, 0.3) is 0 Å². The van der Waals surface area contributed by atoms with Crippen LogP contribution in [0.2, 0.25) is 0 Å². The monoisotopic (exact) mass is 408 g/mol. The molecule has 1 amide bonds. The summed E-state index contributed by atoms with van der Waals surface area (Å²) in [6.07, 6.45) is 4.67. The molecule has 9 nitrogen and oxygen atoms in total. The fourth-order valence-electron chi connectivity index (χ4n) is 3.54. The van der Waals surface area contributed by atoms with E-state index in [4.69, 9.17) is 9.47 Å². The number of nitrogens with zero attached hydrogens (tertiary/aromatic N) is 3. The van der Waals surface area contributed by atoms with Crippen LogP contribution in [0.3, 0.4) is 0 Å². The van der Waals surface area contributed by atoms with Gasteiger partial charge in [0, 0.05) is 18.9 Å². The fourth-order valence-corrected chi connectivity index (χ4v) is 3.54. The van der Waals surface area contributed by atoms with Crippen LogP contribution in [0.5, 0.6) is 0 Å². The SMILES string of the molecule is CCC(CC)O[C@@H]1CC(C(=O)OC)=C[C@H](n2cc(C(O)CC)nn2)[C@H]1NC(C)=O. The Bertz CT molecular complexity index is 728. The van der Waals surface area contributed by atoms with Gasteiger partial charge in [0.2, 0.25) is 5.91 Å². The Morgan fingerprint density at radius 1 is 1.31 bits per heavy atom. The molecule has 1 unspecified atom stereocenters. The molecule has 1 aliphatic rings. The third-order valence-electron chi connectivity index (χ3n) is 5.22. The maximum atomic E-state index is 12.3. The van der Waals surface area contributed by atoms with Gasteiger partial charge < -0.3 is 19.9 Å². The number of nitrogens with one attached hydrogen (secondary N) is 1. The Balaban J connectivity index is 2.46. The topological polar surface area (TPSA) is 116 Å². The molecule has 4 atom stereocenters. The lowest BCUT2D eigenvalue weighted by molar-refractivity contribution is -0.137. The lowest BCUT2D eigenvalue weighted by Crippen LogP contribution is -2.52. The molecule has 2 rings (SSSR count). The Hall–Kier alpha value is -2.26. The highest BCUT2D eigenvalue weighted by Crippen LogP contribution is 2.32. The molecule has 0 aromatic carbocycles. The number of rotatable bonds is 9. The maximum absolute atomic E-state index is 12.3. The van der Waals surface area contributed by atoms with Gasteiger partial charge in [0.1, 0.15) is 5.69 Å². The summed E-state index contributed by atoms with van der Waals surface area (Å²) < 4.78 is 12.8. The number of hydrogen-bond acceptors (Lipinski definition) is 7. The molecule has 0 bridgehead atoms. The van der Waals surface area contributed by atoms with Crippen LogP contribution < -0.4 is 5.32 Å². The van der Waals surface area contributed by atoms with Crippen molar-refractivity contribution in [2.45, 2.75) is 83.8 Å². The molecule has 1 aromatic heterocycles. The van der Waals surface area contributed by atoms with Crippen molar-refractivity contribution in [3.05, 3.63) is 23.5 Å². The van der Waals surface area contributed by atoms with Crippen molar-refractivity contribution in [3.8, 4) is 0 Å². The predicted molar refractivity (Wildman–Crippen MR) is 106 cm³/mol. The average molecular weight is 408 g/mol. The number of amides is 1. The molecule has 0 radical (unpaired) electrons. The second-order valence-electron chi connectivity index (χ2n) is 7.27. The van der Waals surface area contributed by atoms with E-state index in [2.05, 4.69) is 15.6 Å². The van der Waals surface area contributed by atoms with Crippen LogP contribution in [0.25, 0.3) is 0 Å². The van der Waals surface area contributed by atoms with Crippen LogP contribution in [-0.2, 0) is 19.1 Å². The van der Waals surface area contributed by atoms with Crippen LogP contribution in [0.4, 0.5) is 0 Å². The van der Waals surface area contributed by atoms with Gasteiger partial charge in [0.15, 0.2) is 0 Å². The molecule has 0 aliphatic heterocycles. The van der Waals surface area contributed by atoms with Gasteiger partial charge in [-0.1, -0.05) is 26.0 Å². The standard InChI is InChI=1S/C20H32N4O5/c1-6-14(7-2)29-18-10-13(20(27)28-5)9-16(19(18)21-12(4)25)24-11-15(22-23-24)17(26)8-3/h9,11,14,16-19,26H,6-8,10H2,1-5H3,(H,21,25)/t16-,17?,18+,19+/m0/s1. The summed E-state index contributed by atoms with van der Waals surface area (Å²) in [5, 5.41) is 21.2. The Kier molecular flexibility index (Phi) is 8.33. The van der Waals surface area contributed by atoms with Crippen molar-refractivity contribution in [1.29, 1.82) is 0 Å². The van der Waals surface area contributed by atoms with Crippen LogP contribution in [0.1, 0.15) is 71.2 Å². The van der Waals surface area contributed by atoms with Crippen molar-refractivity contribution in [2.75, 3.05) is 7.11 Å². The zero-order chi connectivity index (χ0) is 21.6. The van der Waals surface area contributed by atoms with Gasteiger partial charge in [-0.15, -0.1) is 5.10 Å². The van der Waals surface area contributed by atoms with Crippen molar-refractivity contribution < 1.29 is 24.2 Å². The molecule has 0 saturated heterocycles. The number of carbonyl (C=O) groups excluding carboxylic acids is 2. The third kappa shape index (κ3) is 5.63. The quantitative estimate of drug-likeness (QED) is 0.599. The highest BCUT2D eigenvalue weighted by atomic mass is 16.5. The minimum atomic E-state index is -0.729. The number of ether oxygens (including phenoxy) is 2. The molecule has 9 heteroatoms. The summed E-state index contributed by atoms with van der Waals surface area (Å²) in [7, 11) is 1.33. The van der Waals surface area contributed by atoms with E-state index in [0.29, 0.717) is 24.1 Å². The third-order valence-corrected chi connectivity index (χ3v) is 5.22. The first-order chi connectivity index (χ1) is 13.8. The van der Waals surface area contributed by atoms with Crippen LogP contribution in [-0.4, -0.2) is 57.3 Å². The first-order valence-corrected chi connectivity index (χ1v) is 10.2. The first-order valence-electron chi connectivity index (χ1n) is 10.2. The molecular formula is C20H32N4O5. The largest absolute Gasteiger partial charge is 0.466 e. The number of aromatic nitrogens is 3. The highest BCUT2D eigenvalue weighted by molar-refractivity contribution is 5.89. The van der Waals surface area contributed by atoms with Crippen LogP contribution >= 0.6 is 0 Å². The number of hydrogen-bond donors (Lipinski definition) is 2. The number of carbonyl (C=O) groups is 2. The van der Waals surface area contributed by atoms with E-state index in [9.17, 15) is 14.7 Å². The van der Waals surface area contributed by atoms with E-state index in [1.165, 1.54) is 14.0 Å². The number of esters is 1. The van der Waals surface area contributed by atoms with Crippen molar-refractivity contribution >= 4 is 11.9 Å². The van der Waals surface area contributed by atoms with Gasteiger partial charge >= 0.3 is 5.97 Å². The molecule has 2 N–H and O–H groups in total. The van der Waals surface area contributed by atoms with Crippen molar-refractivity contribution in [1.82, 2.24) is 20.3 Å².